The first-order valence-electron chi connectivity index (χ1n) is 10.3. The molecule has 0 saturated carbocycles. The van der Waals surface area contributed by atoms with E-state index in [0.717, 1.165) is 25.0 Å². The second-order valence-corrected chi connectivity index (χ2v) is 8.93. The molecule has 2 amide bonds. The number of halogens is 3. The maximum atomic E-state index is 12.7. The van der Waals surface area contributed by atoms with Crippen molar-refractivity contribution in [2.45, 2.75) is 64.7 Å². The van der Waals surface area contributed by atoms with E-state index in [2.05, 4.69) is 5.32 Å². The van der Waals surface area contributed by atoms with Crippen molar-refractivity contribution in [3.8, 4) is 0 Å². The van der Waals surface area contributed by atoms with Crippen LogP contribution in [0, 0.1) is 5.92 Å². The number of rotatable bonds is 5. The van der Waals surface area contributed by atoms with Gasteiger partial charge >= 0.3 is 12.3 Å². The van der Waals surface area contributed by atoms with Gasteiger partial charge in [-0.15, -0.1) is 0 Å². The number of carbonyl (C=O) groups is 2. The zero-order valence-electron chi connectivity index (χ0n) is 18.0. The third kappa shape index (κ3) is 7.54. The summed E-state index contributed by atoms with van der Waals surface area (Å²) in [6.07, 6.45) is -2.97. The van der Waals surface area contributed by atoms with E-state index >= 15 is 0 Å². The Morgan fingerprint density at radius 3 is 2.20 bits per heavy atom. The Morgan fingerprint density at radius 1 is 1.13 bits per heavy atom. The molecular formula is C22H31F3N2O3. The third-order valence-corrected chi connectivity index (χ3v) is 5.19. The van der Waals surface area contributed by atoms with E-state index in [1.54, 1.807) is 4.90 Å². The number of alkyl halides is 3. The first-order valence-corrected chi connectivity index (χ1v) is 10.3. The van der Waals surface area contributed by atoms with Crippen molar-refractivity contribution in [3.63, 3.8) is 0 Å². The normalized spacial score (nSPS) is 16.8. The SMILES string of the molecule is CC(CC(=O)N1CCC(CNC(=O)OC(C)(C)C)CC1)c1ccc(C(F)(F)F)cc1. The van der Waals surface area contributed by atoms with E-state index in [1.165, 1.54) is 12.1 Å². The molecule has 0 bridgehead atoms. The number of ether oxygens (including phenoxy) is 1. The number of nitrogens with one attached hydrogen (secondary N) is 1. The van der Waals surface area contributed by atoms with Crippen LogP contribution in [0.2, 0.25) is 0 Å². The van der Waals surface area contributed by atoms with Crippen molar-refractivity contribution in [2.24, 2.45) is 5.92 Å². The summed E-state index contributed by atoms with van der Waals surface area (Å²) in [5.41, 5.74) is -0.511. The van der Waals surface area contributed by atoms with Crippen LogP contribution in [-0.4, -0.2) is 42.1 Å². The fourth-order valence-electron chi connectivity index (χ4n) is 3.44. The number of piperidine rings is 1. The Hall–Kier alpha value is -2.25. The minimum Gasteiger partial charge on any atom is -0.444 e. The van der Waals surface area contributed by atoms with Crippen molar-refractivity contribution in [2.75, 3.05) is 19.6 Å². The molecule has 1 aromatic rings. The number of amides is 2. The van der Waals surface area contributed by atoms with Crippen molar-refractivity contribution in [3.05, 3.63) is 35.4 Å². The molecule has 5 nitrogen and oxygen atoms in total. The van der Waals surface area contributed by atoms with Crippen molar-refractivity contribution in [1.29, 1.82) is 0 Å². The molecule has 1 heterocycles. The molecule has 168 valence electrons. The zero-order valence-corrected chi connectivity index (χ0v) is 18.0. The highest BCUT2D eigenvalue weighted by molar-refractivity contribution is 5.77. The highest BCUT2D eigenvalue weighted by Gasteiger charge is 2.30. The molecular weight excluding hydrogens is 397 g/mol. The molecule has 0 aliphatic carbocycles. The molecule has 1 aliphatic rings. The van der Waals surface area contributed by atoms with E-state index in [9.17, 15) is 22.8 Å². The fourth-order valence-corrected chi connectivity index (χ4v) is 3.44. The molecule has 1 aliphatic heterocycles. The van der Waals surface area contributed by atoms with Crippen molar-refractivity contribution < 1.29 is 27.5 Å². The lowest BCUT2D eigenvalue weighted by atomic mass is 9.93. The monoisotopic (exact) mass is 428 g/mol. The Kier molecular flexibility index (Phi) is 7.77. The molecule has 2 rings (SSSR count). The molecule has 1 N–H and O–H groups in total. The predicted octanol–water partition coefficient (Wildman–Crippen LogP) is 4.96. The van der Waals surface area contributed by atoms with Crippen LogP contribution in [0.1, 0.15) is 64.0 Å². The van der Waals surface area contributed by atoms with E-state index < -0.39 is 23.4 Å². The largest absolute Gasteiger partial charge is 0.444 e. The fraction of sp³-hybridized carbons (Fsp3) is 0.636. The molecule has 1 atom stereocenters. The van der Waals surface area contributed by atoms with Crippen LogP contribution in [0.25, 0.3) is 0 Å². The Labute approximate surface area is 176 Å². The molecule has 1 saturated heterocycles. The summed E-state index contributed by atoms with van der Waals surface area (Å²) in [6, 6.07) is 4.99. The van der Waals surface area contributed by atoms with Crippen LogP contribution in [-0.2, 0) is 15.7 Å². The van der Waals surface area contributed by atoms with Gasteiger partial charge in [-0.05, 0) is 63.1 Å². The number of likely N-dealkylation sites (tertiary alicyclic amines) is 1. The molecule has 1 aromatic carbocycles. The average Bonchev–Trinajstić information content (AvgIpc) is 2.64. The van der Waals surface area contributed by atoms with Crippen LogP contribution < -0.4 is 5.32 Å². The maximum absolute atomic E-state index is 12.7. The number of alkyl carbamates (subject to hydrolysis) is 1. The van der Waals surface area contributed by atoms with Gasteiger partial charge in [0, 0.05) is 26.1 Å². The van der Waals surface area contributed by atoms with Gasteiger partial charge in [-0.2, -0.15) is 13.2 Å². The highest BCUT2D eigenvalue weighted by Crippen LogP contribution is 2.31. The van der Waals surface area contributed by atoms with E-state index in [1.807, 2.05) is 27.7 Å². The second-order valence-electron chi connectivity index (χ2n) is 8.93. The lowest BCUT2D eigenvalue weighted by Crippen LogP contribution is -2.42. The number of hydrogen-bond acceptors (Lipinski definition) is 3. The summed E-state index contributed by atoms with van der Waals surface area (Å²) >= 11 is 0. The smallest absolute Gasteiger partial charge is 0.416 e. The third-order valence-electron chi connectivity index (χ3n) is 5.19. The summed E-state index contributed by atoms with van der Waals surface area (Å²) in [5, 5.41) is 2.78. The summed E-state index contributed by atoms with van der Waals surface area (Å²) in [7, 11) is 0. The van der Waals surface area contributed by atoms with Gasteiger partial charge in [0.1, 0.15) is 5.60 Å². The van der Waals surface area contributed by atoms with Crippen LogP contribution in [0.15, 0.2) is 24.3 Å². The molecule has 1 fully saturated rings. The predicted molar refractivity (Wildman–Crippen MR) is 108 cm³/mol. The molecule has 30 heavy (non-hydrogen) atoms. The lowest BCUT2D eigenvalue weighted by Gasteiger charge is -2.33. The number of nitrogens with zero attached hydrogens (tertiary/aromatic N) is 1. The van der Waals surface area contributed by atoms with Crippen LogP contribution in [0.5, 0.6) is 0 Å². The Balaban J connectivity index is 1.76. The second kappa shape index (κ2) is 9.71. The lowest BCUT2D eigenvalue weighted by molar-refractivity contribution is -0.137. The minimum atomic E-state index is -4.36. The van der Waals surface area contributed by atoms with Gasteiger partial charge < -0.3 is 15.0 Å². The minimum absolute atomic E-state index is 0.000879. The molecule has 0 spiro atoms. The Morgan fingerprint density at radius 2 is 1.70 bits per heavy atom. The van der Waals surface area contributed by atoms with Gasteiger partial charge in [0.2, 0.25) is 5.91 Å². The number of benzene rings is 1. The standard InChI is InChI=1S/C22H31F3N2O3/c1-15(17-5-7-18(8-6-17)22(23,24)25)13-19(28)27-11-9-16(10-12-27)14-26-20(29)30-21(2,3)4/h5-8,15-16H,9-14H2,1-4H3,(H,26,29). The molecule has 8 heteroatoms. The molecule has 0 aromatic heterocycles. The van der Waals surface area contributed by atoms with Gasteiger partial charge in [-0.1, -0.05) is 19.1 Å². The topological polar surface area (TPSA) is 58.6 Å². The summed E-state index contributed by atoms with van der Waals surface area (Å²) in [5.74, 6) is 0.126. The van der Waals surface area contributed by atoms with Crippen molar-refractivity contribution in [1.82, 2.24) is 10.2 Å². The van der Waals surface area contributed by atoms with E-state index in [-0.39, 0.29) is 24.2 Å². The maximum Gasteiger partial charge on any atom is 0.416 e. The van der Waals surface area contributed by atoms with E-state index in [0.29, 0.717) is 25.2 Å². The van der Waals surface area contributed by atoms with Gasteiger partial charge in [-0.3, -0.25) is 4.79 Å². The molecule has 1 unspecified atom stereocenters. The summed E-state index contributed by atoms with van der Waals surface area (Å²) in [4.78, 5) is 26.1. The van der Waals surface area contributed by atoms with Gasteiger partial charge in [0.25, 0.3) is 0 Å². The van der Waals surface area contributed by atoms with Gasteiger partial charge in [-0.25, -0.2) is 4.79 Å². The molecule has 0 radical (unpaired) electrons. The van der Waals surface area contributed by atoms with Gasteiger partial charge in [0.15, 0.2) is 0 Å². The number of carbonyl (C=O) groups excluding carboxylic acids is 2. The first kappa shape index (κ1) is 24.0. The van der Waals surface area contributed by atoms with E-state index in [4.69, 9.17) is 4.74 Å². The van der Waals surface area contributed by atoms with Crippen LogP contribution >= 0.6 is 0 Å². The number of hydrogen-bond donors (Lipinski definition) is 1. The Bertz CT molecular complexity index is 719. The average molecular weight is 428 g/mol. The van der Waals surface area contributed by atoms with Gasteiger partial charge in [0.05, 0.1) is 5.56 Å². The van der Waals surface area contributed by atoms with Crippen LogP contribution in [0.4, 0.5) is 18.0 Å². The quantitative estimate of drug-likeness (QED) is 0.721. The zero-order chi connectivity index (χ0) is 22.5. The highest BCUT2D eigenvalue weighted by atomic mass is 19.4. The first-order chi connectivity index (χ1) is 13.8. The van der Waals surface area contributed by atoms with Crippen LogP contribution in [0.3, 0.4) is 0 Å². The summed E-state index contributed by atoms with van der Waals surface area (Å²) < 4.78 is 43.3. The summed E-state index contributed by atoms with van der Waals surface area (Å²) in [6.45, 7) is 9.00. The van der Waals surface area contributed by atoms with Crippen molar-refractivity contribution >= 4 is 12.0 Å².